The van der Waals surface area contributed by atoms with E-state index in [9.17, 15) is 4.79 Å². The van der Waals surface area contributed by atoms with E-state index < -0.39 is 0 Å². The van der Waals surface area contributed by atoms with E-state index in [1.807, 2.05) is 34.9 Å². The van der Waals surface area contributed by atoms with Gasteiger partial charge in [-0.1, -0.05) is 12.1 Å². The van der Waals surface area contributed by atoms with Gasteiger partial charge in [0, 0.05) is 30.6 Å². The molecular formula is C18H22N2O2S. The number of pyridine rings is 1. The first kappa shape index (κ1) is 15.2. The Morgan fingerprint density at radius 2 is 2.35 bits per heavy atom. The second-order valence-corrected chi connectivity index (χ2v) is 8.22. The van der Waals surface area contributed by atoms with Gasteiger partial charge >= 0.3 is 0 Å². The molecular weight excluding hydrogens is 308 g/mol. The van der Waals surface area contributed by atoms with Crippen LogP contribution in [-0.2, 0) is 16.1 Å². The van der Waals surface area contributed by atoms with Crippen LogP contribution in [0.5, 0.6) is 0 Å². The Kier molecular flexibility index (Phi) is 4.16. The minimum atomic E-state index is 0.240. The summed E-state index contributed by atoms with van der Waals surface area (Å²) in [5.41, 5.74) is 2.02. The number of ether oxygens (including phenoxy) is 1. The number of carbonyl (C=O) groups is 1. The van der Waals surface area contributed by atoms with E-state index >= 15 is 0 Å². The van der Waals surface area contributed by atoms with Crippen LogP contribution in [0.1, 0.15) is 31.4 Å². The van der Waals surface area contributed by atoms with Gasteiger partial charge in [-0.15, -0.1) is 11.8 Å². The van der Waals surface area contributed by atoms with Crippen molar-refractivity contribution in [3.05, 3.63) is 41.7 Å². The van der Waals surface area contributed by atoms with Crippen LogP contribution < -0.4 is 0 Å². The lowest BCUT2D eigenvalue weighted by Gasteiger charge is -2.47. The standard InChI is InChI=1S/C18H22N2O2S/c21-17(14-5-1-2-6-14)20-12-18(13-20)9-16(11-23-18)22-10-15-7-3-4-8-19-15/h3-5,7-8,16H,1-2,6,9-13H2. The molecule has 1 unspecified atom stereocenters. The predicted octanol–water partition coefficient (Wildman–Crippen LogP) is 2.80. The minimum Gasteiger partial charge on any atom is -0.371 e. The maximum absolute atomic E-state index is 12.4. The number of thioether (sulfide) groups is 1. The summed E-state index contributed by atoms with van der Waals surface area (Å²) in [7, 11) is 0. The van der Waals surface area contributed by atoms with E-state index in [2.05, 4.69) is 11.1 Å². The molecule has 0 bridgehead atoms. The Bertz CT molecular complexity index is 611. The van der Waals surface area contributed by atoms with Crippen molar-refractivity contribution >= 4 is 17.7 Å². The predicted molar refractivity (Wildman–Crippen MR) is 91.1 cm³/mol. The summed E-state index contributed by atoms with van der Waals surface area (Å²) in [6.45, 7) is 2.35. The fourth-order valence-corrected chi connectivity index (χ4v) is 5.23. The van der Waals surface area contributed by atoms with Crippen molar-refractivity contribution in [2.75, 3.05) is 18.8 Å². The molecule has 122 valence electrons. The van der Waals surface area contributed by atoms with Gasteiger partial charge in [-0.2, -0.15) is 0 Å². The summed E-state index contributed by atoms with van der Waals surface area (Å²) in [4.78, 5) is 18.7. The number of likely N-dealkylation sites (tertiary alicyclic amines) is 1. The van der Waals surface area contributed by atoms with Gasteiger partial charge in [0.15, 0.2) is 0 Å². The molecule has 1 amide bonds. The molecule has 1 aromatic heterocycles. The third-order valence-electron chi connectivity index (χ3n) is 4.93. The maximum Gasteiger partial charge on any atom is 0.249 e. The SMILES string of the molecule is O=C(C1=CCCC1)N1CC2(CC(OCc3ccccn3)CS2)C1. The largest absolute Gasteiger partial charge is 0.371 e. The highest BCUT2D eigenvalue weighted by Crippen LogP contribution is 2.46. The number of nitrogens with zero attached hydrogens (tertiary/aromatic N) is 2. The molecule has 1 aliphatic carbocycles. The molecule has 4 nitrogen and oxygen atoms in total. The molecule has 23 heavy (non-hydrogen) atoms. The molecule has 3 heterocycles. The van der Waals surface area contributed by atoms with Crippen LogP contribution in [0.4, 0.5) is 0 Å². The van der Waals surface area contributed by atoms with Crippen molar-refractivity contribution in [1.29, 1.82) is 0 Å². The lowest BCUT2D eigenvalue weighted by atomic mass is 9.92. The first-order chi connectivity index (χ1) is 11.2. The van der Waals surface area contributed by atoms with E-state index in [1.54, 1.807) is 6.20 Å². The van der Waals surface area contributed by atoms with Gasteiger partial charge < -0.3 is 9.64 Å². The van der Waals surface area contributed by atoms with Gasteiger partial charge in [0.25, 0.3) is 0 Å². The van der Waals surface area contributed by atoms with Crippen LogP contribution in [-0.4, -0.2) is 45.5 Å². The van der Waals surface area contributed by atoms with E-state index in [1.165, 1.54) is 0 Å². The van der Waals surface area contributed by atoms with Crippen molar-refractivity contribution in [3.63, 3.8) is 0 Å². The molecule has 1 aromatic rings. The number of hydrogen-bond acceptors (Lipinski definition) is 4. The molecule has 1 atom stereocenters. The molecule has 0 saturated carbocycles. The van der Waals surface area contributed by atoms with E-state index in [0.29, 0.717) is 6.61 Å². The Hall–Kier alpha value is -1.33. The Morgan fingerprint density at radius 1 is 1.43 bits per heavy atom. The van der Waals surface area contributed by atoms with Crippen LogP contribution in [0, 0.1) is 0 Å². The first-order valence-electron chi connectivity index (χ1n) is 8.38. The molecule has 0 N–H and O–H groups in total. The summed E-state index contributed by atoms with van der Waals surface area (Å²) in [6.07, 6.45) is 8.42. The zero-order valence-electron chi connectivity index (χ0n) is 13.2. The molecule has 3 aliphatic rings. The topological polar surface area (TPSA) is 42.4 Å². The number of allylic oxidation sites excluding steroid dienone is 1. The van der Waals surface area contributed by atoms with Crippen LogP contribution in [0.15, 0.2) is 36.0 Å². The molecule has 2 aliphatic heterocycles. The normalized spacial score (nSPS) is 25.5. The highest BCUT2D eigenvalue weighted by atomic mass is 32.2. The molecule has 2 fully saturated rings. The van der Waals surface area contributed by atoms with Crippen molar-refractivity contribution < 1.29 is 9.53 Å². The third-order valence-corrected chi connectivity index (χ3v) is 6.50. The van der Waals surface area contributed by atoms with Gasteiger partial charge in [0.2, 0.25) is 5.91 Å². The number of amides is 1. The second-order valence-electron chi connectivity index (χ2n) is 6.74. The average Bonchev–Trinajstić information content (AvgIpc) is 3.22. The molecule has 1 spiro atoms. The van der Waals surface area contributed by atoms with Gasteiger partial charge in [-0.05, 0) is 37.8 Å². The van der Waals surface area contributed by atoms with E-state index in [-0.39, 0.29) is 16.8 Å². The molecule has 5 heteroatoms. The Balaban J connectivity index is 1.26. The van der Waals surface area contributed by atoms with Crippen molar-refractivity contribution in [3.8, 4) is 0 Å². The average molecular weight is 330 g/mol. The smallest absolute Gasteiger partial charge is 0.249 e. The van der Waals surface area contributed by atoms with Crippen molar-refractivity contribution in [2.24, 2.45) is 0 Å². The lowest BCUT2D eigenvalue weighted by molar-refractivity contribution is -0.132. The highest BCUT2D eigenvalue weighted by Gasteiger charge is 2.51. The summed E-state index contributed by atoms with van der Waals surface area (Å²) in [5, 5.41) is 0. The Labute approximate surface area is 141 Å². The maximum atomic E-state index is 12.4. The highest BCUT2D eigenvalue weighted by molar-refractivity contribution is 8.01. The summed E-state index contributed by atoms with van der Waals surface area (Å²) in [5.74, 6) is 1.30. The summed E-state index contributed by atoms with van der Waals surface area (Å²) >= 11 is 1.98. The summed E-state index contributed by atoms with van der Waals surface area (Å²) < 4.78 is 6.26. The third kappa shape index (κ3) is 3.17. The number of aromatic nitrogens is 1. The molecule has 0 radical (unpaired) electrons. The van der Waals surface area contributed by atoms with E-state index in [4.69, 9.17) is 4.74 Å². The Morgan fingerprint density at radius 3 is 3.09 bits per heavy atom. The molecule has 4 rings (SSSR count). The van der Waals surface area contributed by atoms with Crippen LogP contribution in [0.3, 0.4) is 0 Å². The zero-order valence-corrected chi connectivity index (χ0v) is 14.1. The number of carbonyl (C=O) groups excluding carboxylic acids is 1. The monoisotopic (exact) mass is 330 g/mol. The summed E-state index contributed by atoms with van der Waals surface area (Å²) in [6, 6.07) is 5.91. The van der Waals surface area contributed by atoms with Gasteiger partial charge in [-0.3, -0.25) is 9.78 Å². The van der Waals surface area contributed by atoms with Crippen LogP contribution in [0.2, 0.25) is 0 Å². The van der Waals surface area contributed by atoms with Crippen LogP contribution in [0.25, 0.3) is 0 Å². The fraction of sp³-hybridized carbons (Fsp3) is 0.556. The van der Waals surface area contributed by atoms with Crippen LogP contribution >= 0.6 is 11.8 Å². The lowest BCUT2D eigenvalue weighted by Crippen LogP contribution is -2.61. The number of rotatable bonds is 4. The minimum absolute atomic E-state index is 0.240. The fourth-order valence-electron chi connectivity index (χ4n) is 3.68. The van der Waals surface area contributed by atoms with Gasteiger partial charge in [-0.25, -0.2) is 0 Å². The molecule has 0 aromatic carbocycles. The quantitative estimate of drug-likeness (QED) is 0.851. The molecule has 2 saturated heterocycles. The van der Waals surface area contributed by atoms with E-state index in [0.717, 1.165) is 55.8 Å². The van der Waals surface area contributed by atoms with Gasteiger partial charge in [0.05, 0.1) is 23.2 Å². The first-order valence-corrected chi connectivity index (χ1v) is 9.36. The second kappa shape index (κ2) is 6.29. The van der Waals surface area contributed by atoms with Gasteiger partial charge in [0.1, 0.15) is 0 Å². The number of hydrogen-bond donors (Lipinski definition) is 0. The van der Waals surface area contributed by atoms with Crippen molar-refractivity contribution in [1.82, 2.24) is 9.88 Å². The zero-order chi connectivity index (χ0) is 15.7. The van der Waals surface area contributed by atoms with Crippen molar-refractivity contribution in [2.45, 2.75) is 43.1 Å².